The molecule has 2 N–H and O–H groups in total. The van der Waals surface area contributed by atoms with E-state index in [4.69, 9.17) is 10.5 Å². The van der Waals surface area contributed by atoms with Crippen molar-refractivity contribution >= 4 is 0 Å². The molecule has 3 heteroatoms. The lowest BCUT2D eigenvalue weighted by molar-refractivity contribution is 0.351. The van der Waals surface area contributed by atoms with Crippen LogP contribution in [0.5, 0.6) is 5.75 Å². The van der Waals surface area contributed by atoms with Gasteiger partial charge in [0.1, 0.15) is 5.75 Å². The van der Waals surface area contributed by atoms with Crippen LogP contribution in [0.4, 0.5) is 0 Å². The average molecular weight is 248 g/mol. The third-order valence-corrected chi connectivity index (χ3v) is 3.90. The summed E-state index contributed by atoms with van der Waals surface area (Å²) < 4.78 is 5.42. The van der Waals surface area contributed by atoms with Gasteiger partial charge in [0.2, 0.25) is 0 Å². The Labute approximate surface area is 110 Å². The van der Waals surface area contributed by atoms with Crippen LogP contribution in [0.1, 0.15) is 24.0 Å². The van der Waals surface area contributed by atoms with Gasteiger partial charge in [-0.25, -0.2) is 0 Å². The number of hydrogen-bond acceptors (Lipinski definition) is 3. The molecule has 18 heavy (non-hydrogen) atoms. The number of hydrogen-bond donors (Lipinski definition) is 1. The van der Waals surface area contributed by atoms with Crippen LogP contribution in [0.3, 0.4) is 0 Å². The molecule has 1 saturated heterocycles. The topological polar surface area (TPSA) is 38.5 Å². The van der Waals surface area contributed by atoms with Crippen LogP contribution in [0, 0.1) is 6.92 Å². The molecule has 0 aliphatic carbocycles. The van der Waals surface area contributed by atoms with Gasteiger partial charge in [-0.1, -0.05) is 17.7 Å². The normalized spacial score (nSPS) is 24.4. The van der Waals surface area contributed by atoms with Crippen LogP contribution in [0.25, 0.3) is 0 Å². The van der Waals surface area contributed by atoms with E-state index in [-0.39, 0.29) is 5.54 Å². The van der Waals surface area contributed by atoms with E-state index in [2.05, 4.69) is 37.1 Å². The highest BCUT2D eigenvalue weighted by Crippen LogP contribution is 2.27. The van der Waals surface area contributed by atoms with Gasteiger partial charge in [0, 0.05) is 12.1 Å². The van der Waals surface area contributed by atoms with E-state index in [0.29, 0.717) is 0 Å². The van der Waals surface area contributed by atoms with Crippen molar-refractivity contribution < 1.29 is 4.74 Å². The lowest BCUT2D eigenvalue weighted by Gasteiger charge is -2.24. The van der Waals surface area contributed by atoms with Gasteiger partial charge >= 0.3 is 0 Å². The minimum absolute atomic E-state index is 0.0243. The van der Waals surface area contributed by atoms with Gasteiger partial charge < -0.3 is 15.4 Å². The first-order valence-corrected chi connectivity index (χ1v) is 6.63. The zero-order chi connectivity index (χ0) is 13.2. The summed E-state index contributed by atoms with van der Waals surface area (Å²) in [6.45, 7) is 4.23. The summed E-state index contributed by atoms with van der Waals surface area (Å²) in [6, 6.07) is 6.35. The number of methoxy groups -OCH3 is 1. The third-order valence-electron chi connectivity index (χ3n) is 3.90. The number of benzene rings is 1. The molecule has 1 aromatic carbocycles. The van der Waals surface area contributed by atoms with Crippen molar-refractivity contribution in [3.63, 3.8) is 0 Å². The van der Waals surface area contributed by atoms with E-state index in [0.717, 1.165) is 38.1 Å². The molecule has 1 atom stereocenters. The maximum absolute atomic E-state index is 6.44. The number of ether oxygens (including phenoxy) is 1. The van der Waals surface area contributed by atoms with Crippen LogP contribution >= 0.6 is 0 Å². The molecule has 1 heterocycles. The summed E-state index contributed by atoms with van der Waals surface area (Å²) in [6.07, 6.45) is 3.12. The number of likely N-dealkylation sites (tertiary alicyclic amines) is 1. The van der Waals surface area contributed by atoms with Crippen molar-refractivity contribution in [2.24, 2.45) is 5.73 Å². The Morgan fingerprint density at radius 2 is 2.22 bits per heavy atom. The highest BCUT2D eigenvalue weighted by molar-refractivity contribution is 5.37. The lowest BCUT2D eigenvalue weighted by Crippen LogP contribution is -2.42. The molecule has 1 aliphatic heterocycles. The fraction of sp³-hybridized carbons (Fsp3) is 0.600. The molecular weight excluding hydrogens is 224 g/mol. The van der Waals surface area contributed by atoms with Gasteiger partial charge in [0.15, 0.2) is 0 Å². The summed E-state index contributed by atoms with van der Waals surface area (Å²) in [7, 11) is 3.87. The van der Waals surface area contributed by atoms with Crippen LogP contribution in [0.2, 0.25) is 0 Å². The number of nitrogens with two attached hydrogens (primary N) is 1. The van der Waals surface area contributed by atoms with Crippen LogP contribution < -0.4 is 10.5 Å². The molecule has 1 aliphatic rings. The molecule has 3 nitrogen and oxygen atoms in total. The molecule has 0 saturated carbocycles. The summed E-state index contributed by atoms with van der Waals surface area (Å²) >= 11 is 0. The largest absolute Gasteiger partial charge is 0.496 e. The monoisotopic (exact) mass is 248 g/mol. The molecule has 0 bridgehead atoms. The van der Waals surface area contributed by atoms with Gasteiger partial charge in [-0.15, -0.1) is 0 Å². The van der Waals surface area contributed by atoms with Crippen LogP contribution in [0.15, 0.2) is 18.2 Å². The molecule has 0 radical (unpaired) electrons. The Morgan fingerprint density at radius 3 is 2.83 bits per heavy atom. The number of rotatable bonds is 4. The summed E-state index contributed by atoms with van der Waals surface area (Å²) in [5.41, 5.74) is 8.97. The molecule has 2 rings (SSSR count). The smallest absolute Gasteiger partial charge is 0.122 e. The molecular formula is C15H24N2O. The summed E-state index contributed by atoms with van der Waals surface area (Å²) in [5, 5.41) is 0. The van der Waals surface area contributed by atoms with E-state index in [9.17, 15) is 0 Å². The highest BCUT2D eigenvalue weighted by atomic mass is 16.5. The second kappa shape index (κ2) is 5.29. The molecule has 1 aromatic rings. The Balaban J connectivity index is 2.03. The van der Waals surface area contributed by atoms with Crippen LogP contribution in [-0.2, 0) is 6.42 Å². The number of likely N-dealkylation sites (N-methyl/N-ethyl adjacent to an activating group) is 1. The van der Waals surface area contributed by atoms with Crippen molar-refractivity contribution in [1.29, 1.82) is 0 Å². The first-order valence-electron chi connectivity index (χ1n) is 6.63. The standard InChI is InChI=1S/C15H24N2O/c1-12-4-5-14(18-3)13(10-12)6-7-15(16)8-9-17(2)11-15/h4-5,10H,6-9,11,16H2,1-3H3. The Bertz CT molecular complexity index is 419. The van der Waals surface area contributed by atoms with Crippen LogP contribution in [-0.4, -0.2) is 37.7 Å². The Kier molecular flexibility index (Phi) is 3.93. The van der Waals surface area contributed by atoms with E-state index < -0.39 is 0 Å². The van der Waals surface area contributed by atoms with Crippen molar-refractivity contribution in [2.75, 3.05) is 27.2 Å². The minimum atomic E-state index is -0.0243. The molecule has 0 aromatic heterocycles. The maximum Gasteiger partial charge on any atom is 0.122 e. The quantitative estimate of drug-likeness (QED) is 0.885. The van der Waals surface area contributed by atoms with Gasteiger partial charge in [-0.05, 0) is 51.4 Å². The first-order chi connectivity index (χ1) is 8.52. The van der Waals surface area contributed by atoms with Gasteiger partial charge in [0.25, 0.3) is 0 Å². The van der Waals surface area contributed by atoms with Gasteiger partial charge in [-0.2, -0.15) is 0 Å². The van der Waals surface area contributed by atoms with E-state index in [1.165, 1.54) is 11.1 Å². The fourth-order valence-corrected chi connectivity index (χ4v) is 2.80. The predicted octanol–water partition coefficient (Wildman–Crippen LogP) is 1.97. The summed E-state index contributed by atoms with van der Waals surface area (Å²) in [4.78, 5) is 2.31. The third kappa shape index (κ3) is 3.03. The Morgan fingerprint density at radius 1 is 1.44 bits per heavy atom. The fourth-order valence-electron chi connectivity index (χ4n) is 2.80. The van der Waals surface area contributed by atoms with E-state index in [1.807, 2.05) is 0 Å². The minimum Gasteiger partial charge on any atom is -0.496 e. The SMILES string of the molecule is COc1ccc(C)cc1CCC1(N)CCN(C)C1. The van der Waals surface area contributed by atoms with E-state index in [1.54, 1.807) is 7.11 Å². The lowest BCUT2D eigenvalue weighted by atomic mass is 9.91. The molecule has 0 spiro atoms. The number of nitrogens with zero attached hydrogens (tertiary/aromatic N) is 1. The highest BCUT2D eigenvalue weighted by Gasteiger charge is 2.32. The zero-order valence-corrected chi connectivity index (χ0v) is 11.7. The molecule has 1 unspecified atom stereocenters. The van der Waals surface area contributed by atoms with Crippen molar-refractivity contribution in [1.82, 2.24) is 4.90 Å². The van der Waals surface area contributed by atoms with Gasteiger partial charge in [-0.3, -0.25) is 0 Å². The van der Waals surface area contributed by atoms with E-state index >= 15 is 0 Å². The summed E-state index contributed by atoms with van der Waals surface area (Å²) in [5.74, 6) is 0.982. The molecule has 100 valence electrons. The maximum atomic E-state index is 6.44. The Hall–Kier alpha value is -1.06. The van der Waals surface area contributed by atoms with Crippen molar-refractivity contribution in [2.45, 2.75) is 31.7 Å². The average Bonchev–Trinajstić information content (AvgIpc) is 2.68. The van der Waals surface area contributed by atoms with Crippen molar-refractivity contribution in [3.05, 3.63) is 29.3 Å². The van der Waals surface area contributed by atoms with Crippen molar-refractivity contribution in [3.8, 4) is 5.75 Å². The molecule has 0 amide bonds. The second-order valence-electron chi connectivity index (χ2n) is 5.67. The first kappa shape index (κ1) is 13.4. The number of aryl methyl sites for hydroxylation is 2. The zero-order valence-electron chi connectivity index (χ0n) is 11.7. The molecule has 1 fully saturated rings. The second-order valence-corrected chi connectivity index (χ2v) is 5.67. The van der Waals surface area contributed by atoms with Gasteiger partial charge in [0.05, 0.1) is 7.11 Å². The predicted molar refractivity (Wildman–Crippen MR) is 75.1 cm³/mol.